The lowest BCUT2D eigenvalue weighted by Crippen LogP contribution is -2.33. The molecule has 98 valence electrons. The van der Waals surface area contributed by atoms with Crippen LogP contribution in [0.15, 0.2) is 54.6 Å². The van der Waals surface area contributed by atoms with Gasteiger partial charge in [0, 0.05) is 6.54 Å². The highest BCUT2D eigenvalue weighted by Gasteiger charge is 2.16. The number of nitrogens with one attached hydrogen (secondary N) is 1. The van der Waals surface area contributed by atoms with Crippen LogP contribution in [0.3, 0.4) is 0 Å². The molecule has 0 bridgehead atoms. The van der Waals surface area contributed by atoms with Gasteiger partial charge in [0.15, 0.2) is 0 Å². The van der Waals surface area contributed by atoms with E-state index in [9.17, 15) is 9.90 Å². The van der Waals surface area contributed by atoms with Gasteiger partial charge in [-0.2, -0.15) is 0 Å². The van der Waals surface area contributed by atoms with E-state index in [2.05, 4.69) is 5.32 Å². The Kier molecular flexibility index (Phi) is 4.15. The lowest BCUT2D eigenvalue weighted by molar-refractivity contribution is 0.0935. The zero-order chi connectivity index (χ0) is 13.7. The quantitative estimate of drug-likeness (QED) is 0.781. The topological polar surface area (TPSA) is 75.3 Å². The molecule has 0 radical (unpaired) electrons. The van der Waals surface area contributed by atoms with E-state index in [-0.39, 0.29) is 23.3 Å². The second kappa shape index (κ2) is 6.02. The van der Waals surface area contributed by atoms with E-state index in [4.69, 9.17) is 5.73 Å². The average Bonchev–Trinajstić information content (AvgIpc) is 2.46. The van der Waals surface area contributed by atoms with E-state index in [1.54, 1.807) is 18.2 Å². The molecule has 0 saturated carbocycles. The molecule has 2 rings (SSSR count). The van der Waals surface area contributed by atoms with Gasteiger partial charge in [0.05, 0.1) is 11.6 Å². The average molecular weight is 256 g/mol. The van der Waals surface area contributed by atoms with Gasteiger partial charge >= 0.3 is 0 Å². The van der Waals surface area contributed by atoms with E-state index in [0.29, 0.717) is 6.54 Å². The van der Waals surface area contributed by atoms with Crippen LogP contribution < -0.4 is 11.1 Å². The van der Waals surface area contributed by atoms with Crippen molar-refractivity contribution in [3.05, 3.63) is 65.7 Å². The SMILES string of the molecule is NCC(NC(=O)c1ccccc1O)c1ccccc1. The number of carbonyl (C=O) groups is 1. The number of hydrogen-bond donors (Lipinski definition) is 3. The first kappa shape index (κ1) is 13.1. The van der Waals surface area contributed by atoms with Crippen LogP contribution in [0.5, 0.6) is 5.75 Å². The summed E-state index contributed by atoms with van der Waals surface area (Å²) in [5.41, 5.74) is 6.88. The number of rotatable bonds is 4. The van der Waals surface area contributed by atoms with Crippen molar-refractivity contribution in [3.8, 4) is 5.75 Å². The van der Waals surface area contributed by atoms with E-state index in [1.165, 1.54) is 6.07 Å². The van der Waals surface area contributed by atoms with Crippen molar-refractivity contribution in [2.75, 3.05) is 6.54 Å². The number of benzene rings is 2. The van der Waals surface area contributed by atoms with E-state index in [1.807, 2.05) is 30.3 Å². The molecule has 4 heteroatoms. The molecule has 4 N–H and O–H groups in total. The molecule has 1 atom stereocenters. The fourth-order valence-corrected chi connectivity index (χ4v) is 1.87. The van der Waals surface area contributed by atoms with Crippen LogP contribution in [0.2, 0.25) is 0 Å². The number of para-hydroxylation sites is 1. The maximum Gasteiger partial charge on any atom is 0.255 e. The van der Waals surface area contributed by atoms with Gasteiger partial charge in [0.2, 0.25) is 0 Å². The highest BCUT2D eigenvalue weighted by atomic mass is 16.3. The first-order chi connectivity index (χ1) is 9.22. The van der Waals surface area contributed by atoms with Gasteiger partial charge in [-0.3, -0.25) is 4.79 Å². The van der Waals surface area contributed by atoms with Crippen LogP contribution in [0.4, 0.5) is 0 Å². The Labute approximate surface area is 111 Å². The van der Waals surface area contributed by atoms with Crippen LogP contribution in [-0.4, -0.2) is 17.6 Å². The number of nitrogens with two attached hydrogens (primary N) is 1. The third kappa shape index (κ3) is 3.11. The van der Waals surface area contributed by atoms with Crippen molar-refractivity contribution >= 4 is 5.91 Å². The third-order valence-electron chi connectivity index (χ3n) is 2.89. The first-order valence-electron chi connectivity index (χ1n) is 6.06. The zero-order valence-electron chi connectivity index (χ0n) is 10.4. The van der Waals surface area contributed by atoms with Crippen molar-refractivity contribution < 1.29 is 9.90 Å². The Morgan fingerprint density at radius 3 is 2.37 bits per heavy atom. The van der Waals surface area contributed by atoms with Crippen molar-refractivity contribution in [3.63, 3.8) is 0 Å². The Balaban J connectivity index is 2.16. The second-order valence-corrected chi connectivity index (χ2v) is 4.19. The zero-order valence-corrected chi connectivity index (χ0v) is 10.4. The fraction of sp³-hybridized carbons (Fsp3) is 0.133. The summed E-state index contributed by atoms with van der Waals surface area (Å²) in [5.74, 6) is -0.374. The monoisotopic (exact) mass is 256 g/mol. The largest absolute Gasteiger partial charge is 0.507 e. The van der Waals surface area contributed by atoms with Gasteiger partial charge in [0.25, 0.3) is 5.91 Å². The second-order valence-electron chi connectivity index (χ2n) is 4.19. The first-order valence-corrected chi connectivity index (χ1v) is 6.06. The molecule has 0 aliphatic carbocycles. The van der Waals surface area contributed by atoms with Crippen LogP contribution in [-0.2, 0) is 0 Å². The molecule has 0 heterocycles. The molecule has 0 aromatic heterocycles. The molecule has 1 amide bonds. The van der Waals surface area contributed by atoms with Gasteiger partial charge in [0.1, 0.15) is 5.75 Å². The minimum Gasteiger partial charge on any atom is -0.507 e. The predicted molar refractivity (Wildman–Crippen MR) is 73.8 cm³/mol. The summed E-state index contributed by atoms with van der Waals surface area (Å²) in [7, 11) is 0. The fourth-order valence-electron chi connectivity index (χ4n) is 1.87. The van der Waals surface area contributed by atoms with Crippen molar-refractivity contribution in [1.82, 2.24) is 5.32 Å². The van der Waals surface area contributed by atoms with E-state index >= 15 is 0 Å². The number of phenols is 1. The molecule has 0 saturated heterocycles. The normalized spacial score (nSPS) is 11.8. The van der Waals surface area contributed by atoms with Gasteiger partial charge < -0.3 is 16.2 Å². The molecule has 2 aromatic rings. The number of hydrogen-bond acceptors (Lipinski definition) is 3. The number of amides is 1. The Bertz CT molecular complexity index is 555. The van der Waals surface area contributed by atoms with E-state index < -0.39 is 0 Å². The van der Waals surface area contributed by atoms with Crippen molar-refractivity contribution in [2.45, 2.75) is 6.04 Å². The number of phenolic OH excluding ortho intramolecular Hbond substituents is 1. The Hall–Kier alpha value is -2.33. The van der Waals surface area contributed by atoms with Gasteiger partial charge in [-0.25, -0.2) is 0 Å². The lowest BCUT2D eigenvalue weighted by atomic mass is 10.1. The molecule has 2 aromatic carbocycles. The molecule has 19 heavy (non-hydrogen) atoms. The van der Waals surface area contributed by atoms with Crippen LogP contribution in [0.1, 0.15) is 22.0 Å². The smallest absolute Gasteiger partial charge is 0.255 e. The minimum absolute atomic E-state index is 0.0381. The van der Waals surface area contributed by atoms with Gasteiger partial charge in [-0.05, 0) is 17.7 Å². The summed E-state index contributed by atoms with van der Waals surface area (Å²) in [6.07, 6.45) is 0. The molecule has 0 aliphatic heterocycles. The summed E-state index contributed by atoms with van der Waals surface area (Å²) in [6.45, 7) is 0.295. The molecule has 0 fully saturated rings. The number of aromatic hydroxyl groups is 1. The van der Waals surface area contributed by atoms with Gasteiger partial charge in [-0.15, -0.1) is 0 Å². The summed E-state index contributed by atoms with van der Waals surface area (Å²) in [5, 5.41) is 12.5. The van der Waals surface area contributed by atoms with Gasteiger partial charge in [-0.1, -0.05) is 42.5 Å². The Morgan fingerprint density at radius 1 is 1.11 bits per heavy atom. The summed E-state index contributed by atoms with van der Waals surface area (Å²) in [6, 6.07) is 15.7. The molecule has 4 nitrogen and oxygen atoms in total. The summed E-state index contributed by atoms with van der Waals surface area (Å²) in [4.78, 5) is 12.1. The third-order valence-corrected chi connectivity index (χ3v) is 2.89. The maximum absolute atomic E-state index is 12.1. The maximum atomic E-state index is 12.1. The van der Waals surface area contributed by atoms with Crippen molar-refractivity contribution in [1.29, 1.82) is 0 Å². The highest BCUT2D eigenvalue weighted by Crippen LogP contribution is 2.17. The molecular formula is C15H16N2O2. The lowest BCUT2D eigenvalue weighted by Gasteiger charge is -2.17. The van der Waals surface area contributed by atoms with Crippen LogP contribution in [0, 0.1) is 0 Å². The van der Waals surface area contributed by atoms with Crippen LogP contribution in [0.25, 0.3) is 0 Å². The minimum atomic E-state index is -0.336. The number of carbonyl (C=O) groups excluding carboxylic acids is 1. The summed E-state index contributed by atoms with van der Waals surface area (Å²) >= 11 is 0. The predicted octanol–water partition coefficient (Wildman–Crippen LogP) is 1.82. The Morgan fingerprint density at radius 2 is 1.74 bits per heavy atom. The highest BCUT2D eigenvalue weighted by molar-refractivity contribution is 5.97. The molecule has 1 unspecified atom stereocenters. The standard InChI is InChI=1S/C15H16N2O2/c16-10-13(11-6-2-1-3-7-11)17-15(19)12-8-4-5-9-14(12)18/h1-9,13,18H,10,16H2,(H,17,19). The molecule has 0 spiro atoms. The summed E-state index contributed by atoms with van der Waals surface area (Å²) < 4.78 is 0. The van der Waals surface area contributed by atoms with Crippen LogP contribution >= 0.6 is 0 Å². The molecule has 0 aliphatic rings. The van der Waals surface area contributed by atoms with E-state index in [0.717, 1.165) is 5.56 Å². The van der Waals surface area contributed by atoms with Crippen molar-refractivity contribution in [2.24, 2.45) is 5.73 Å². The molecular weight excluding hydrogens is 240 g/mol.